The van der Waals surface area contributed by atoms with Crippen LogP contribution in [0.5, 0.6) is 0 Å². The third kappa shape index (κ3) is 3.39. The van der Waals surface area contributed by atoms with Crippen LogP contribution in [0, 0.1) is 18.6 Å². The van der Waals surface area contributed by atoms with Gasteiger partial charge in [0.1, 0.15) is 22.3 Å². The SMILES string of the molecule is Cc1cc(S(=O)(=O)N[C@H]2CCN(c3ccccn3)C2)c(F)cc1F. The Morgan fingerprint density at radius 2 is 2.04 bits per heavy atom. The van der Waals surface area contributed by atoms with Crippen molar-refractivity contribution < 1.29 is 17.2 Å². The molecule has 1 aromatic heterocycles. The Morgan fingerprint density at radius 3 is 2.75 bits per heavy atom. The van der Waals surface area contributed by atoms with Crippen molar-refractivity contribution in [2.45, 2.75) is 24.3 Å². The number of halogens is 2. The van der Waals surface area contributed by atoms with E-state index < -0.39 is 26.6 Å². The number of hydrogen-bond donors (Lipinski definition) is 1. The van der Waals surface area contributed by atoms with E-state index in [2.05, 4.69) is 9.71 Å². The lowest BCUT2D eigenvalue weighted by Gasteiger charge is -2.18. The average Bonchev–Trinajstić information content (AvgIpc) is 2.99. The van der Waals surface area contributed by atoms with E-state index in [0.717, 1.165) is 11.9 Å². The molecular weight excluding hydrogens is 336 g/mol. The second-order valence-corrected chi connectivity index (χ2v) is 7.46. The van der Waals surface area contributed by atoms with Crippen LogP contribution in [0.4, 0.5) is 14.6 Å². The predicted molar refractivity (Wildman–Crippen MR) is 86.3 cm³/mol. The Morgan fingerprint density at radius 1 is 1.25 bits per heavy atom. The molecule has 0 unspecified atom stereocenters. The molecule has 0 saturated carbocycles. The molecule has 3 rings (SSSR count). The molecule has 1 saturated heterocycles. The molecule has 1 aliphatic heterocycles. The summed E-state index contributed by atoms with van der Waals surface area (Å²) in [6.45, 7) is 2.49. The Bertz CT molecular complexity index is 844. The van der Waals surface area contributed by atoms with Gasteiger partial charge in [0, 0.05) is 31.4 Å². The van der Waals surface area contributed by atoms with Gasteiger partial charge in [-0.25, -0.2) is 26.9 Å². The van der Waals surface area contributed by atoms with Crippen molar-refractivity contribution in [2.24, 2.45) is 0 Å². The van der Waals surface area contributed by atoms with E-state index in [-0.39, 0.29) is 11.6 Å². The zero-order valence-corrected chi connectivity index (χ0v) is 13.9. The van der Waals surface area contributed by atoms with Crippen molar-refractivity contribution in [3.63, 3.8) is 0 Å². The smallest absolute Gasteiger partial charge is 0.243 e. The van der Waals surface area contributed by atoms with Crippen molar-refractivity contribution >= 4 is 15.8 Å². The minimum atomic E-state index is -4.06. The summed E-state index contributed by atoms with van der Waals surface area (Å²) in [5, 5.41) is 0. The van der Waals surface area contributed by atoms with Crippen molar-refractivity contribution in [3.05, 3.63) is 53.7 Å². The fourth-order valence-corrected chi connectivity index (χ4v) is 4.13. The molecule has 0 spiro atoms. The number of pyridine rings is 1. The summed E-state index contributed by atoms with van der Waals surface area (Å²) in [5.74, 6) is -1.10. The highest BCUT2D eigenvalue weighted by Crippen LogP contribution is 2.22. The molecule has 5 nitrogen and oxygen atoms in total. The van der Waals surface area contributed by atoms with Crippen molar-refractivity contribution in [3.8, 4) is 0 Å². The van der Waals surface area contributed by atoms with Gasteiger partial charge in [-0.1, -0.05) is 6.07 Å². The van der Waals surface area contributed by atoms with E-state index in [9.17, 15) is 17.2 Å². The number of aromatic nitrogens is 1. The molecule has 1 aliphatic rings. The number of rotatable bonds is 4. The molecule has 1 aromatic carbocycles. The van der Waals surface area contributed by atoms with Gasteiger partial charge in [-0.05, 0) is 37.1 Å². The van der Waals surface area contributed by atoms with Crippen LogP contribution < -0.4 is 9.62 Å². The maximum absolute atomic E-state index is 13.9. The van der Waals surface area contributed by atoms with Crippen LogP contribution in [0.3, 0.4) is 0 Å². The molecule has 1 N–H and O–H groups in total. The molecule has 1 atom stereocenters. The largest absolute Gasteiger partial charge is 0.355 e. The molecule has 0 amide bonds. The predicted octanol–water partition coefficient (Wildman–Crippen LogP) is 2.23. The third-order valence-electron chi connectivity index (χ3n) is 3.99. The van der Waals surface area contributed by atoms with Gasteiger partial charge < -0.3 is 4.90 Å². The standard InChI is InChI=1S/C16H17F2N3O2S/c1-11-8-15(14(18)9-13(11)17)24(22,23)20-12-5-7-21(10-12)16-4-2-3-6-19-16/h2-4,6,8-9,12,20H,5,7,10H2,1H3/t12-/m0/s1. The fraction of sp³-hybridized carbons (Fsp3) is 0.312. The lowest BCUT2D eigenvalue weighted by molar-refractivity contribution is 0.532. The van der Waals surface area contributed by atoms with Crippen LogP contribution in [0.2, 0.25) is 0 Å². The van der Waals surface area contributed by atoms with Gasteiger partial charge in [0.15, 0.2) is 0 Å². The molecule has 0 aliphatic carbocycles. The summed E-state index contributed by atoms with van der Waals surface area (Å²) < 4.78 is 54.5. The maximum Gasteiger partial charge on any atom is 0.243 e. The first-order chi connectivity index (χ1) is 11.4. The van der Waals surface area contributed by atoms with Gasteiger partial charge in [-0.15, -0.1) is 0 Å². The summed E-state index contributed by atoms with van der Waals surface area (Å²) in [7, 11) is -4.06. The Balaban J connectivity index is 1.75. The number of nitrogens with one attached hydrogen (secondary N) is 1. The van der Waals surface area contributed by atoms with Crippen LogP contribution in [0.25, 0.3) is 0 Å². The van der Waals surface area contributed by atoms with Gasteiger partial charge in [0.25, 0.3) is 0 Å². The topological polar surface area (TPSA) is 62.3 Å². The Kier molecular flexibility index (Phi) is 4.51. The van der Waals surface area contributed by atoms with Crippen molar-refractivity contribution in [1.82, 2.24) is 9.71 Å². The number of benzene rings is 1. The first kappa shape index (κ1) is 16.8. The molecule has 2 heterocycles. The van der Waals surface area contributed by atoms with Crippen molar-refractivity contribution in [1.29, 1.82) is 0 Å². The minimum absolute atomic E-state index is 0.0818. The van der Waals surface area contributed by atoms with Crippen LogP contribution in [0.1, 0.15) is 12.0 Å². The maximum atomic E-state index is 13.9. The zero-order valence-electron chi connectivity index (χ0n) is 13.0. The summed E-state index contributed by atoms with van der Waals surface area (Å²) >= 11 is 0. The number of nitrogens with zero attached hydrogens (tertiary/aromatic N) is 2. The van der Waals surface area contributed by atoms with E-state index in [1.165, 1.54) is 6.92 Å². The molecule has 1 fully saturated rings. The number of aryl methyl sites for hydroxylation is 1. The highest BCUT2D eigenvalue weighted by molar-refractivity contribution is 7.89. The van der Waals surface area contributed by atoms with Crippen LogP contribution >= 0.6 is 0 Å². The van der Waals surface area contributed by atoms with Crippen LogP contribution in [-0.2, 0) is 10.0 Å². The van der Waals surface area contributed by atoms with E-state index >= 15 is 0 Å². The van der Waals surface area contributed by atoms with Crippen LogP contribution in [0.15, 0.2) is 41.4 Å². The summed E-state index contributed by atoms with van der Waals surface area (Å²) in [6.07, 6.45) is 2.25. The van der Waals surface area contributed by atoms with E-state index in [1.807, 2.05) is 17.0 Å². The molecular formula is C16H17F2N3O2S. The second kappa shape index (κ2) is 6.45. The number of sulfonamides is 1. The van der Waals surface area contributed by atoms with E-state index in [0.29, 0.717) is 25.6 Å². The highest BCUT2D eigenvalue weighted by atomic mass is 32.2. The molecule has 0 bridgehead atoms. The normalized spacial score (nSPS) is 18.1. The van der Waals surface area contributed by atoms with Gasteiger partial charge in [-0.3, -0.25) is 0 Å². The van der Waals surface area contributed by atoms with Gasteiger partial charge in [0.05, 0.1) is 0 Å². The van der Waals surface area contributed by atoms with Gasteiger partial charge in [-0.2, -0.15) is 0 Å². The zero-order chi connectivity index (χ0) is 17.3. The second-order valence-electron chi connectivity index (χ2n) is 5.77. The van der Waals surface area contributed by atoms with Crippen LogP contribution in [-0.4, -0.2) is 32.5 Å². The average molecular weight is 353 g/mol. The van der Waals surface area contributed by atoms with Gasteiger partial charge in [0.2, 0.25) is 10.0 Å². The summed E-state index contributed by atoms with van der Waals surface area (Å²) in [6, 6.07) is 6.76. The third-order valence-corrected chi connectivity index (χ3v) is 5.52. The van der Waals surface area contributed by atoms with Crippen molar-refractivity contribution in [2.75, 3.05) is 18.0 Å². The van der Waals surface area contributed by atoms with Gasteiger partial charge >= 0.3 is 0 Å². The monoisotopic (exact) mass is 353 g/mol. The van der Waals surface area contributed by atoms with E-state index in [4.69, 9.17) is 0 Å². The number of hydrogen-bond acceptors (Lipinski definition) is 4. The number of anilines is 1. The Labute approximate surface area is 139 Å². The van der Waals surface area contributed by atoms with E-state index in [1.54, 1.807) is 12.3 Å². The molecule has 128 valence electrons. The summed E-state index contributed by atoms with van der Waals surface area (Å²) in [4.78, 5) is 5.66. The lowest BCUT2D eigenvalue weighted by atomic mass is 10.2. The molecule has 8 heteroatoms. The quantitative estimate of drug-likeness (QED) is 0.916. The summed E-state index contributed by atoms with van der Waals surface area (Å²) in [5.41, 5.74) is 0.0818. The minimum Gasteiger partial charge on any atom is -0.355 e. The molecule has 0 radical (unpaired) electrons. The lowest BCUT2D eigenvalue weighted by Crippen LogP contribution is -2.37. The first-order valence-corrected chi connectivity index (χ1v) is 8.99. The first-order valence-electron chi connectivity index (χ1n) is 7.51. The highest BCUT2D eigenvalue weighted by Gasteiger charge is 2.29. The Hall–Kier alpha value is -2.06. The molecule has 24 heavy (non-hydrogen) atoms. The fourth-order valence-electron chi connectivity index (χ4n) is 2.72. The molecule has 2 aromatic rings.